The fraction of sp³-hybridized carbons (Fsp3) is 0.923. The van der Waals surface area contributed by atoms with Crippen LogP contribution in [0.3, 0.4) is 0 Å². The summed E-state index contributed by atoms with van der Waals surface area (Å²) < 4.78 is 5.50. The molecule has 5 heteroatoms. The third kappa shape index (κ3) is 4.92. The van der Waals surface area contributed by atoms with Gasteiger partial charge in [-0.3, -0.25) is 9.69 Å². The van der Waals surface area contributed by atoms with Gasteiger partial charge in [0.1, 0.15) is 0 Å². The molecule has 2 unspecified atom stereocenters. The first-order chi connectivity index (χ1) is 8.69. The molecule has 0 aliphatic carbocycles. The number of morpholine rings is 1. The smallest absolute Gasteiger partial charge is 0.237 e. The van der Waals surface area contributed by atoms with E-state index in [0.29, 0.717) is 13.2 Å². The van der Waals surface area contributed by atoms with Crippen LogP contribution in [0.15, 0.2) is 0 Å². The number of hydrogen-bond donors (Lipinski definition) is 2. The second-order valence-corrected chi connectivity index (χ2v) is 4.90. The average molecular weight is 257 g/mol. The molecule has 0 bridgehead atoms. The predicted octanol–water partition coefficient (Wildman–Crippen LogP) is 0.341. The summed E-state index contributed by atoms with van der Waals surface area (Å²) in [5.74, 6) is 0.115. The Balaban J connectivity index is 2.28. The van der Waals surface area contributed by atoms with Crippen molar-refractivity contribution in [2.75, 3.05) is 32.8 Å². The fourth-order valence-corrected chi connectivity index (χ4v) is 2.14. The van der Waals surface area contributed by atoms with Crippen LogP contribution >= 0.6 is 0 Å². The SMILES string of the molecule is CCCCCNC(=O)C(C)N1CCOC(CN)C1. The minimum atomic E-state index is -0.0930. The molecule has 0 radical (unpaired) electrons. The van der Waals surface area contributed by atoms with Gasteiger partial charge in [-0.1, -0.05) is 19.8 Å². The van der Waals surface area contributed by atoms with Gasteiger partial charge in [0.2, 0.25) is 5.91 Å². The molecule has 0 aromatic rings. The maximum atomic E-state index is 12.0. The maximum Gasteiger partial charge on any atom is 0.237 e. The van der Waals surface area contributed by atoms with Crippen LogP contribution in [0.4, 0.5) is 0 Å². The van der Waals surface area contributed by atoms with Gasteiger partial charge >= 0.3 is 0 Å². The average Bonchev–Trinajstić information content (AvgIpc) is 2.42. The molecule has 18 heavy (non-hydrogen) atoms. The van der Waals surface area contributed by atoms with Crippen LogP contribution in [0.1, 0.15) is 33.1 Å². The van der Waals surface area contributed by atoms with Gasteiger partial charge in [-0.25, -0.2) is 0 Å². The molecule has 1 amide bonds. The van der Waals surface area contributed by atoms with Gasteiger partial charge < -0.3 is 15.8 Å². The van der Waals surface area contributed by atoms with Gasteiger partial charge in [-0.2, -0.15) is 0 Å². The van der Waals surface area contributed by atoms with Crippen LogP contribution in [0, 0.1) is 0 Å². The van der Waals surface area contributed by atoms with Gasteiger partial charge in [-0.15, -0.1) is 0 Å². The number of carbonyl (C=O) groups is 1. The lowest BCUT2D eigenvalue weighted by atomic mass is 10.2. The molecule has 1 aliphatic heterocycles. The third-order valence-electron chi connectivity index (χ3n) is 3.44. The fourth-order valence-electron chi connectivity index (χ4n) is 2.14. The van der Waals surface area contributed by atoms with Crippen LogP contribution in [-0.2, 0) is 9.53 Å². The Kier molecular flexibility index (Phi) is 7.23. The van der Waals surface area contributed by atoms with Crippen molar-refractivity contribution in [2.45, 2.75) is 45.3 Å². The highest BCUT2D eigenvalue weighted by Gasteiger charge is 2.26. The Hall–Kier alpha value is -0.650. The molecule has 0 spiro atoms. The molecule has 1 aliphatic rings. The van der Waals surface area contributed by atoms with Gasteiger partial charge in [0.15, 0.2) is 0 Å². The van der Waals surface area contributed by atoms with E-state index in [0.717, 1.165) is 26.1 Å². The van der Waals surface area contributed by atoms with Crippen molar-refractivity contribution in [3.63, 3.8) is 0 Å². The van der Waals surface area contributed by atoms with E-state index in [1.54, 1.807) is 0 Å². The zero-order chi connectivity index (χ0) is 13.4. The minimum absolute atomic E-state index is 0.0640. The van der Waals surface area contributed by atoms with E-state index in [-0.39, 0.29) is 18.1 Å². The summed E-state index contributed by atoms with van der Waals surface area (Å²) in [4.78, 5) is 14.1. The summed E-state index contributed by atoms with van der Waals surface area (Å²) in [7, 11) is 0. The number of nitrogens with one attached hydrogen (secondary N) is 1. The number of rotatable bonds is 7. The third-order valence-corrected chi connectivity index (χ3v) is 3.44. The summed E-state index contributed by atoms with van der Waals surface area (Å²) in [5, 5.41) is 2.99. The lowest BCUT2D eigenvalue weighted by molar-refractivity contribution is -0.128. The Morgan fingerprint density at radius 3 is 3.00 bits per heavy atom. The van der Waals surface area contributed by atoms with Gasteiger partial charge in [-0.05, 0) is 13.3 Å². The molecule has 1 rings (SSSR count). The Labute approximate surface area is 110 Å². The number of carbonyl (C=O) groups excluding carboxylic acids is 1. The van der Waals surface area contributed by atoms with E-state index >= 15 is 0 Å². The molecule has 5 nitrogen and oxygen atoms in total. The second kappa shape index (κ2) is 8.45. The van der Waals surface area contributed by atoms with Crippen molar-refractivity contribution < 1.29 is 9.53 Å². The highest BCUT2D eigenvalue weighted by Crippen LogP contribution is 2.08. The summed E-state index contributed by atoms with van der Waals surface area (Å²) in [5.41, 5.74) is 5.60. The van der Waals surface area contributed by atoms with Gasteiger partial charge in [0, 0.05) is 26.2 Å². The Morgan fingerprint density at radius 1 is 1.56 bits per heavy atom. The summed E-state index contributed by atoms with van der Waals surface area (Å²) in [6.07, 6.45) is 3.46. The first kappa shape index (κ1) is 15.4. The number of hydrogen-bond acceptors (Lipinski definition) is 4. The second-order valence-electron chi connectivity index (χ2n) is 4.90. The van der Waals surface area contributed by atoms with Crippen LogP contribution in [0.2, 0.25) is 0 Å². The predicted molar refractivity (Wildman–Crippen MR) is 72.4 cm³/mol. The summed E-state index contributed by atoms with van der Waals surface area (Å²) in [6.45, 7) is 7.62. The largest absolute Gasteiger partial charge is 0.374 e. The summed E-state index contributed by atoms with van der Waals surface area (Å²) >= 11 is 0. The first-order valence-electron chi connectivity index (χ1n) is 7.02. The quantitative estimate of drug-likeness (QED) is 0.645. The maximum absolute atomic E-state index is 12.0. The van der Waals surface area contributed by atoms with Gasteiger partial charge in [0.05, 0.1) is 18.8 Å². The van der Waals surface area contributed by atoms with Crippen molar-refractivity contribution >= 4 is 5.91 Å². The van der Waals surface area contributed by atoms with E-state index in [1.807, 2.05) is 6.92 Å². The van der Waals surface area contributed by atoms with Crippen molar-refractivity contribution in [1.82, 2.24) is 10.2 Å². The highest BCUT2D eigenvalue weighted by molar-refractivity contribution is 5.81. The molecule has 0 aromatic heterocycles. The zero-order valence-electron chi connectivity index (χ0n) is 11.7. The molecule has 0 saturated carbocycles. The minimum Gasteiger partial charge on any atom is -0.374 e. The van der Waals surface area contributed by atoms with E-state index in [4.69, 9.17) is 10.5 Å². The number of nitrogens with zero attached hydrogens (tertiary/aromatic N) is 1. The standard InChI is InChI=1S/C13H27N3O2/c1-3-4-5-6-15-13(17)11(2)16-7-8-18-12(9-14)10-16/h11-12H,3-10,14H2,1-2H3,(H,15,17). The van der Waals surface area contributed by atoms with E-state index in [1.165, 1.54) is 12.8 Å². The van der Waals surface area contributed by atoms with Crippen LogP contribution in [-0.4, -0.2) is 55.7 Å². The molecular weight excluding hydrogens is 230 g/mol. The molecule has 1 fully saturated rings. The van der Waals surface area contributed by atoms with E-state index < -0.39 is 0 Å². The van der Waals surface area contributed by atoms with Crippen LogP contribution < -0.4 is 11.1 Å². The summed E-state index contributed by atoms with van der Waals surface area (Å²) in [6, 6.07) is -0.0930. The molecule has 106 valence electrons. The highest BCUT2D eigenvalue weighted by atomic mass is 16.5. The first-order valence-corrected chi connectivity index (χ1v) is 7.02. The lowest BCUT2D eigenvalue weighted by Gasteiger charge is -2.35. The van der Waals surface area contributed by atoms with E-state index in [2.05, 4.69) is 17.1 Å². The lowest BCUT2D eigenvalue weighted by Crippen LogP contribution is -2.53. The van der Waals surface area contributed by atoms with Crippen molar-refractivity contribution in [2.24, 2.45) is 5.73 Å². The molecule has 1 heterocycles. The zero-order valence-corrected chi connectivity index (χ0v) is 11.7. The Morgan fingerprint density at radius 2 is 2.33 bits per heavy atom. The van der Waals surface area contributed by atoms with E-state index in [9.17, 15) is 4.79 Å². The number of nitrogens with two attached hydrogens (primary N) is 1. The van der Waals surface area contributed by atoms with Crippen molar-refractivity contribution in [1.29, 1.82) is 0 Å². The monoisotopic (exact) mass is 257 g/mol. The normalized spacial score (nSPS) is 22.7. The van der Waals surface area contributed by atoms with Crippen LogP contribution in [0.25, 0.3) is 0 Å². The van der Waals surface area contributed by atoms with Gasteiger partial charge in [0.25, 0.3) is 0 Å². The molecule has 2 atom stereocenters. The van der Waals surface area contributed by atoms with Crippen LogP contribution in [0.5, 0.6) is 0 Å². The Bertz CT molecular complexity index is 248. The molecule has 3 N–H and O–H groups in total. The number of unbranched alkanes of at least 4 members (excludes halogenated alkanes) is 2. The topological polar surface area (TPSA) is 67.6 Å². The van der Waals surface area contributed by atoms with Crippen molar-refractivity contribution in [3.8, 4) is 0 Å². The molecule has 1 saturated heterocycles. The molecular formula is C13H27N3O2. The molecule has 0 aromatic carbocycles. The number of ether oxygens (including phenoxy) is 1. The number of amides is 1. The van der Waals surface area contributed by atoms with Crippen molar-refractivity contribution in [3.05, 3.63) is 0 Å².